The van der Waals surface area contributed by atoms with E-state index in [2.05, 4.69) is 0 Å². The molecule has 0 saturated heterocycles. The normalized spacial score (nSPS) is 12.7. The van der Waals surface area contributed by atoms with Crippen molar-refractivity contribution in [1.82, 2.24) is 0 Å². The summed E-state index contributed by atoms with van der Waals surface area (Å²) in [5.74, 6) is -1.25. The minimum Gasteiger partial charge on any atom is -0.480 e. The van der Waals surface area contributed by atoms with Crippen molar-refractivity contribution in [3.05, 3.63) is 59.1 Å². The van der Waals surface area contributed by atoms with Crippen molar-refractivity contribution in [2.75, 3.05) is 4.31 Å². The molecule has 23 heavy (non-hydrogen) atoms. The Hall–Kier alpha value is -2.05. The fourth-order valence-corrected chi connectivity index (χ4v) is 3.90. The Balaban J connectivity index is 2.61. The molecule has 0 aliphatic rings. The quantitative estimate of drug-likeness (QED) is 0.894. The number of nitrogens with zero attached hydrogens (tertiary/aromatic N) is 1. The maximum atomic E-state index is 12.9. The first-order valence-corrected chi connectivity index (χ1v) is 8.65. The lowest BCUT2D eigenvalue weighted by molar-refractivity contribution is -0.137. The van der Waals surface area contributed by atoms with Crippen LogP contribution in [0.25, 0.3) is 0 Å². The van der Waals surface area contributed by atoms with Gasteiger partial charge in [0.15, 0.2) is 0 Å². The van der Waals surface area contributed by atoms with Crippen LogP contribution < -0.4 is 4.31 Å². The highest BCUT2D eigenvalue weighted by atomic mass is 35.5. The number of carboxylic acids is 1. The second kappa shape index (κ2) is 6.60. The average molecular weight is 354 g/mol. The van der Waals surface area contributed by atoms with E-state index in [9.17, 15) is 18.3 Å². The van der Waals surface area contributed by atoms with Crippen LogP contribution in [0.1, 0.15) is 12.5 Å². The number of carbonyl (C=O) groups is 1. The first-order chi connectivity index (χ1) is 10.7. The molecular weight excluding hydrogens is 338 g/mol. The third-order valence-electron chi connectivity index (χ3n) is 3.35. The minimum absolute atomic E-state index is 0.0242. The highest BCUT2D eigenvalue weighted by Crippen LogP contribution is 2.28. The molecule has 1 atom stereocenters. The minimum atomic E-state index is -4.04. The maximum absolute atomic E-state index is 12.9. The van der Waals surface area contributed by atoms with Crippen LogP contribution in [0.2, 0.25) is 5.02 Å². The monoisotopic (exact) mass is 353 g/mol. The lowest BCUT2D eigenvalue weighted by atomic mass is 10.2. The molecule has 0 fully saturated rings. The molecule has 7 heteroatoms. The topological polar surface area (TPSA) is 74.7 Å². The fourth-order valence-electron chi connectivity index (χ4n) is 2.11. The Morgan fingerprint density at radius 2 is 1.78 bits per heavy atom. The summed E-state index contributed by atoms with van der Waals surface area (Å²) in [6.07, 6.45) is 0. The third-order valence-corrected chi connectivity index (χ3v) is 5.50. The molecule has 0 aliphatic carbocycles. The smallest absolute Gasteiger partial charge is 0.327 e. The van der Waals surface area contributed by atoms with Gasteiger partial charge in [-0.2, -0.15) is 0 Å². The molecule has 2 aromatic rings. The van der Waals surface area contributed by atoms with E-state index in [1.807, 2.05) is 6.92 Å². The van der Waals surface area contributed by atoms with E-state index in [4.69, 9.17) is 11.6 Å². The Kier molecular flexibility index (Phi) is 4.97. The lowest BCUT2D eigenvalue weighted by Crippen LogP contribution is -2.43. The number of aryl methyl sites for hydroxylation is 1. The second-order valence-corrected chi connectivity index (χ2v) is 7.36. The summed E-state index contributed by atoms with van der Waals surface area (Å²) in [6.45, 7) is 3.15. The van der Waals surface area contributed by atoms with Crippen LogP contribution in [-0.4, -0.2) is 25.5 Å². The van der Waals surface area contributed by atoms with Gasteiger partial charge < -0.3 is 5.11 Å². The van der Waals surface area contributed by atoms with Crippen LogP contribution >= 0.6 is 11.6 Å². The van der Waals surface area contributed by atoms with Crippen molar-refractivity contribution < 1.29 is 18.3 Å². The predicted molar refractivity (Wildman–Crippen MR) is 89.4 cm³/mol. The first-order valence-electron chi connectivity index (χ1n) is 6.83. The van der Waals surface area contributed by atoms with Crippen LogP contribution in [0, 0.1) is 6.92 Å². The van der Waals surface area contributed by atoms with Crippen molar-refractivity contribution in [2.45, 2.75) is 24.8 Å². The summed E-state index contributed by atoms with van der Waals surface area (Å²) in [4.78, 5) is 11.4. The average Bonchev–Trinajstić information content (AvgIpc) is 2.47. The molecule has 122 valence electrons. The fraction of sp³-hybridized carbons (Fsp3) is 0.188. The number of halogens is 1. The Bertz CT molecular complexity index is 818. The molecule has 0 heterocycles. The van der Waals surface area contributed by atoms with E-state index in [-0.39, 0.29) is 10.6 Å². The van der Waals surface area contributed by atoms with Gasteiger partial charge in [-0.05, 0) is 44.2 Å². The third kappa shape index (κ3) is 3.65. The molecule has 0 radical (unpaired) electrons. The van der Waals surface area contributed by atoms with Gasteiger partial charge in [-0.1, -0.05) is 35.4 Å². The second-order valence-electron chi connectivity index (χ2n) is 5.11. The summed E-state index contributed by atoms with van der Waals surface area (Å²) < 4.78 is 26.7. The molecule has 0 spiro atoms. The van der Waals surface area contributed by atoms with Crippen molar-refractivity contribution in [1.29, 1.82) is 0 Å². The summed E-state index contributed by atoms with van der Waals surface area (Å²) in [5, 5.41) is 9.62. The molecule has 0 amide bonds. The zero-order valence-electron chi connectivity index (χ0n) is 12.6. The molecule has 0 saturated carbocycles. The Morgan fingerprint density at radius 1 is 1.17 bits per heavy atom. The molecule has 0 bridgehead atoms. The number of rotatable bonds is 5. The number of benzene rings is 2. The molecular formula is C16H16ClNO4S. The number of hydrogen-bond donors (Lipinski definition) is 1. The van der Waals surface area contributed by atoms with Crippen LogP contribution in [0.15, 0.2) is 53.4 Å². The van der Waals surface area contributed by atoms with Crippen molar-refractivity contribution in [3.63, 3.8) is 0 Å². The molecule has 1 unspecified atom stereocenters. The predicted octanol–water partition coefficient (Wildman–Crippen LogP) is 3.32. The summed E-state index contributed by atoms with van der Waals surface area (Å²) in [7, 11) is -4.04. The Labute approximate surface area is 140 Å². The maximum Gasteiger partial charge on any atom is 0.327 e. The van der Waals surface area contributed by atoms with E-state index in [1.54, 1.807) is 24.3 Å². The Morgan fingerprint density at radius 3 is 2.30 bits per heavy atom. The van der Waals surface area contributed by atoms with Gasteiger partial charge in [0.05, 0.1) is 10.6 Å². The van der Waals surface area contributed by atoms with E-state index >= 15 is 0 Å². The van der Waals surface area contributed by atoms with Gasteiger partial charge in [0.2, 0.25) is 0 Å². The molecule has 0 aliphatic heterocycles. The van der Waals surface area contributed by atoms with Gasteiger partial charge in [-0.25, -0.2) is 13.2 Å². The van der Waals surface area contributed by atoms with Crippen molar-refractivity contribution in [3.8, 4) is 0 Å². The first kappa shape index (κ1) is 17.3. The van der Waals surface area contributed by atoms with Crippen LogP contribution in [-0.2, 0) is 14.8 Å². The van der Waals surface area contributed by atoms with Crippen molar-refractivity contribution in [2.24, 2.45) is 0 Å². The van der Waals surface area contributed by atoms with Gasteiger partial charge in [-0.15, -0.1) is 0 Å². The summed E-state index contributed by atoms with van der Waals surface area (Å²) in [5.41, 5.74) is 1.11. The number of anilines is 1. The zero-order valence-corrected chi connectivity index (χ0v) is 14.2. The number of hydrogen-bond acceptors (Lipinski definition) is 3. The molecule has 5 nitrogen and oxygen atoms in total. The molecule has 1 N–H and O–H groups in total. The molecule has 2 rings (SSSR count). The molecule has 0 aromatic heterocycles. The van der Waals surface area contributed by atoms with Gasteiger partial charge >= 0.3 is 5.97 Å². The van der Waals surface area contributed by atoms with E-state index in [0.29, 0.717) is 5.02 Å². The lowest BCUT2D eigenvalue weighted by Gasteiger charge is -2.28. The van der Waals surface area contributed by atoms with Crippen LogP contribution in [0.5, 0.6) is 0 Å². The summed E-state index contributed by atoms with van der Waals surface area (Å²) >= 11 is 5.92. The van der Waals surface area contributed by atoms with E-state index in [0.717, 1.165) is 9.87 Å². The van der Waals surface area contributed by atoms with Crippen molar-refractivity contribution >= 4 is 33.3 Å². The zero-order chi connectivity index (χ0) is 17.2. The number of sulfonamides is 1. The highest BCUT2D eigenvalue weighted by molar-refractivity contribution is 7.92. The number of aliphatic carboxylic acids is 1. The van der Waals surface area contributed by atoms with Crippen LogP contribution in [0.3, 0.4) is 0 Å². The van der Waals surface area contributed by atoms with Gasteiger partial charge in [0.1, 0.15) is 6.04 Å². The highest BCUT2D eigenvalue weighted by Gasteiger charge is 2.33. The van der Waals surface area contributed by atoms with Gasteiger partial charge in [-0.3, -0.25) is 4.31 Å². The largest absolute Gasteiger partial charge is 0.480 e. The van der Waals surface area contributed by atoms with E-state index < -0.39 is 22.0 Å². The van der Waals surface area contributed by atoms with Gasteiger partial charge in [0, 0.05) is 5.02 Å². The van der Waals surface area contributed by atoms with E-state index in [1.165, 1.54) is 31.2 Å². The molecule has 2 aromatic carbocycles. The summed E-state index contributed by atoms with van der Waals surface area (Å²) in [6, 6.07) is 11.1. The SMILES string of the molecule is Cc1ccc(S(=O)(=O)N(c2cccc(Cl)c2)C(C)C(=O)O)cc1. The van der Waals surface area contributed by atoms with Crippen LogP contribution in [0.4, 0.5) is 5.69 Å². The standard InChI is InChI=1S/C16H16ClNO4S/c1-11-6-8-15(9-7-11)23(21,22)18(12(2)16(19)20)14-5-3-4-13(17)10-14/h3-10,12H,1-2H3,(H,19,20). The number of carboxylic acid groups (broad SMARTS) is 1. The van der Waals surface area contributed by atoms with Gasteiger partial charge in [0.25, 0.3) is 10.0 Å².